The second-order valence-corrected chi connectivity index (χ2v) is 11.0. The van der Waals surface area contributed by atoms with Gasteiger partial charge < -0.3 is 4.90 Å². The Morgan fingerprint density at radius 1 is 1.03 bits per heavy atom. The maximum atomic E-state index is 13.8. The van der Waals surface area contributed by atoms with Gasteiger partial charge in [0.25, 0.3) is 15.9 Å². The highest BCUT2D eigenvalue weighted by atomic mass is 32.2. The van der Waals surface area contributed by atoms with Crippen LogP contribution in [-0.4, -0.2) is 37.3 Å². The van der Waals surface area contributed by atoms with Crippen molar-refractivity contribution < 1.29 is 17.6 Å². The summed E-state index contributed by atoms with van der Waals surface area (Å²) in [5.74, 6) is -0.623. The number of aromatic nitrogens is 1. The molecule has 0 saturated carbocycles. The van der Waals surface area contributed by atoms with Crippen molar-refractivity contribution in [2.24, 2.45) is 0 Å². The molecule has 1 atom stereocenters. The summed E-state index contributed by atoms with van der Waals surface area (Å²) < 4.78 is 42.5. The third-order valence-corrected chi connectivity index (χ3v) is 8.48. The summed E-state index contributed by atoms with van der Waals surface area (Å²) in [7, 11) is -3.98. The summed E-state index contributed by atoms with van der Waals surface area (Å²) in [6.45, 7) is 1.22. The van der Waals surface area contributed by atoms with E-state index in [1.54, 1.807) is 22.3 Å². The van der Waals surface area contributed by atoms with Gasteiger partial charge in [-0.05, 0) is 61.4 Å². The monoisotopic (exact) mass is 495 g/mol. The van der Waals surface area contributed by atoms with Crippen molar-refractivity contribution in [3.8, 4) is 0 Å². The molecule has 0 spiro atoms. The zero-order valence-electron chi connectivity index (χ0n) is 18.1. The minimum Gasteiger partial charge on any atom is -0.338 e. The highest BCUT2D eigenvalue weighted by molar-refractivity contribution is 7.92. The number of nitrogens with one attached hydrogen (secondary N) is 1. The van der Waals surface area contributed by atoms with Crippen molar-refractivity contribution in [1.29, 1.82) is 0 Å². The second-order valence-electron chi connectivity index (χ2n) is 8.22. The van der Waals surface area contributed by atoms with Gasteiger partial charge in [-0.3, -0.25) is 9.52 Å². The van der Waals surface area contributed by atoms with Gasteiger partial charge in [-0.1, -0.05) is 24.3 Å². The first-order chi connectivity index (χ1) is 16.4. The summed E-state index contributed by atoms with van der Waals surface area (Å²) in [6.07, 6.45) is 1.86. The van der Waals surface area contributed by atoms with Gasteiger partial charge in [0.2, 0.25) is 0 Å². The number of halogens is 1. The number of carbonyl (C=O) groups excluding carboxylic acids is 1. The first-order valence-electron chi connectivity index (χ1n) is 10.9. The van der Waals surface area contributed by atoms with E-state index in [9.17, 15) is 17.6 Å². The average molecular weight is 496 g/mol. The molecule has 0 bridgehead atoms. The molecule has 1 fully saturated rings. The number of anilines is 1. The molecule has 1 aliphatic heterocycles. The lowest BCUT2D eigenvalue weighted by Gasteiger charge is -2.32. The van der Waals surface area contributed by atoms with Gasteiger partial charge in [0.05, 0.1) is 25.8 Å². The van der Waals surface area contributed by atoms with Gasteiger partial charge >= 0.3 is 0 Å². The van der Waals surface area contributed by atoms with E-state index in [-0.39, 0.29) is 22.4 Å². The Balaban J connectivity index is 1.30. The number of thiazole rings is 1. The van der Waals surface area contributed by atoms with Crippen LogP contribution in [0.15, 0.2) is 77.7 Å². The van der Waals surface area contributed by atoms with Crippen molar-refractivity contribution in [1.82, 2.24) is 9.88 Å². The fraction of sp³-hybridized carbons (Fsp3) is 0.200. The van der Waals surface area contributed by atoms with Gasteiger partial charge in [0.15, 0.2) is 0 Å². The Morgan fingerprint density at radius 3 is 2.53 bits per heavy atom. The minimum absolute atomic E-state index is 0.0432. The fourth-order valence-corrected chi connectivity index (χ4v) is 6.30. The maximum absolute atomic E-state index is 13.8. The number of hydrogen-bond donors (Lipinski definition) is 1. The molecule has 3 aromatic carbocycles. The van der Waals surface area contributed by atoms with E-state index in [4.69, 9.17) is 4.98 Å². The van der Waals surface area contributed by atoms with Crippen LogP contribution in [0.1, 0.15) is 34.1 Å². The van der Waals surface area contributed by atoms with Gasteiger partial charge in [0, 0.05) is 24.6 Å². The van der Waals surface area contributed by atoms with E-state index in [1.807, 2.05) is 18.2 Å². The topological polar surface area (TPSA) is 79.4 Å². The van der Waals surface area contributed by atoms with E-state index in [2.05, 4.69) is 10.8 Å². The van der Waals surface area contributed by atoms with Gasteiger partial charge in [-0.15, -0.1) is 11.3 Å². The Labute approximate surface area is 201 Å². The van der Waals surface area contributed by atoms with Crippen LogP contribution in [0.5, 0.6) is 0 Å². The van der Waals surface area contributed by atoms with Crippen molar-refractivity contribution in [3.05, 3.63) is 89.2 Å². The molecular formula is C25H22FN3O3S2. The number of likely N-dealkylation sites (tertiary alicyclic amines) is 1. The van der Waals surface area contributed by atoms with E-state index in [0.717, 1.165) is 28.1 Å². The first kappa shape index (κ1) is 22.5. The largest absolute Gasteiger partial charge is 0.338 e. The number of rotatable bonds is 5. The third kappa shape index (κ3) is 4.53. The summed E-state index contributed by atoms with van der Waals surface area (Å²) in [5, 5.41) is 1.04. The molecule has 5 rings (SSSR count). The van der Waals surface area contributed by atoms with Crippen molar-refractivity contribution in [2.75, 3.05) is 17.8 Å². The highest BCUT2D eigenvalue weighted by Crippen LogP contribution is 2.33. The predicted molar refractivity (Wildman–Crippen MR) is 131 cm³/mol. The summed E-state index contributed by atoms with van der Waals surface area (Å²) in [6, 6.07) is 19.3. The smallest absolute Gasteiger partial charge is 0.261 e. The molecule has 9 heteroatoms. The molecule has 174 valence electrons. The Kier molecular flexibility index (Phi) is 6.05. The quantitative estimate of drug-likeness (QED) is 0.410. The van der Waals surface area contributed by atoms with E-state index < -0.39 is 15.8 Å². The van der Waals surface area contributed by atoms with Gasteiger partial charge in [-0.2, -0.15) is 0 Å². The molecule has 1 aliphatic rings. The molecule has 0 unspecified atom stereocenters. The lowest BCUT2D eigenvalue weighted by atomic mass is 9.98. The van der Waals surface area contributed by atoms with Crippen LogP contribution in [0.25, 0.3) is 10.2 Å². The molecule has 1 aromatic heterocycles. The molecule has 1 amide bonds. The van der Waals surface area contributed by atoms with Crippen LogP contribution in [0.2, 0.25) is 0 Å². The van der Waals surface area contributed by atoms with Crippen LogP contribution in [-0.2, 0) is 10.0 Å². The molecule has 34 heavy (non-hydrogen) atoms. The molecule has 0 radical (unpaired) electrons. The molecule has 2 heterocycles. The zero-order chi connectivity index (χ0) is 23.7. The third-order valence-electron chi connectivity index (χ3n) is 5.90. The maximum Gasteiger partial charge on any atom is 0.261 e. The van der Waals surface area contributed by atoms with Crippen LogP contribution >= 0.6 is 11.3 Å². The highest BCUT2D eigenvalue weighted by Gasteiger charge is 2.28. The zero-order valence-corrected chi connectivity index (χ0v) is 19.8. The van der Waals surface area contributed by atoms with E-state index >= 15 is 0 Å². The van der Waals surface area contributed by atoms with Crippen LogP contribution < -0.4 is 4.72 Å². The molecule has 4 aromatic rings. The molecule has 1 N–H and O–H groups in total. The summed E-state index contributed by atoms with van der Waals surface area (Å²) >= 11 is 1.67. The Morgan fingerprint density at radius 2 is 1.76 bits per heavy atom. The number of hydrogen-bond acceptors (Lipinski definition) is 5. The average Bonchev–Trinajstić information content (AvgIpc) is 3.30. The SMILES string of the molecule is O=C(c1ccc(S(=O)(=O)Nc2ccccc2F)cc1)N1CCC[C@@H](c2nc3ccccc3s2)C1. The van der Waals surface area contributed by atoms with Crippen molar-refractivity contribution in [3.63, 3.8) is 0 Å². The fourth-order valence-electron chi connectivity index (χ4n) is 4.13. The summed E-state index contributed by atoms with van der Waals surface area (Å²) in [5.41, 5.74) is 1.26. The predicted octanol–water partition coefficient (Wildman–Crippen LogP) is 5.26. The number of amides is 1. The Hall–Kier alpha value is -3.30. The normalized spacial score (nSPS) is 16.5. The van der Waals surface area contributed by atoms with Crippen LogP contribution in [0.3, 0.4) is 0 Å². The molecule has 6 nitrogen and oxygen atoms in total. The summed E-state index contributed by atoms with van der Waals surface area (Å²) in [4.78, 5) is 19.7. The number of benzene rings is 3. The standard InChI is InChI=1S/C25H22FN3O3S2/c26-20-7-1-2-8-21(20)28-34(31,32)19-13-11-17(12-14-19)25(30)29-15-5-6-18(16-29)24-27-22-9-3-4-10-23(22)33-24/h1-4,7-14,18,28H,5-6,15-16H2/t18-/m1/s1. The molecule has 1 saturated heterocycles. The number of para-hydroxylation sites is 2. The van der Waals surface area contributed by atoms with Crippen molar-refractivity contribution >= 4 is 43.2 Å². The van der Waals surface area contributed by atoms with E-state index in [1.165, 1.54) is 42.5 Å². The second kappa shape index (κ2) is 9.15. The van der Waals surface area contributed by atoms with Crippen LogP contribution in [0, 0.1) is 5.82 Å². The lowest BCUT2D eigenvalue weighted by molar-refractivity contribution is 0.0707. The molecular weight excluding hydrogens is 473 g/mol. The Bertz CT molecular complexity index is 1420. The van der Waals surface area contributed by atoms with E-state index in [0.29, 0.717) is 18.7 Å². The minimum atomic E-state index is -3.98. The van der Waals surface area contributed by atoms with Crippen molar-refractivity contribution in [2.45, 2.75) is 23.7 Å². The number of fused-ring (bicyclic) bond motifs is 1. The number of nitrogens with zero attached hydrogens (tertiary/aromatic N) is 2. The number of sulfonamides is 1. The first-order valence-corrected chi connectivity index (χ1v) is 13.2. The van der Waals surface area contributed by atoms with Gasteiger partial charge in [0.1, 0.15) is 5.82 Å². The van der Waals surface area contributed by atoms with Gasteiger partial charge in [-0.25, -0.2) is 17.8 Å². The number of piperidine rings is 1. The van der Waals surface area contributed by atoms with Crippen LogP contribution in [0.4, 0.5) is 10.1 Å². The lowest BCUT2D eigenvalue weighted by Crippen LogP contribution is -2.39. The molecule has 0 aliphatic carbocycles. The number of carbonyl (C=O) groups is 1.